The Balaban J connectivity index is 1.41. The van der Waals surface area contributed by atoms with Gasteiger partial charge in [-0.1, -0.05) is 12.1 Å². The third-order valence-electron chi connectivity index (χ3n) is 5.38. The molecule has 0 unspecified atom stereocenters. The van der Waals surface area contributed by atoms with E-state index in [-0.39, 0.29) is 10.8 Å². The molecule has 150 valence electrons. The van der Waals surface area contributed by atoms with Gasteiger partial charge in [0.2, 0.25) is 16.0 Å². The van der Waals surface area contributed by atoms with E-state index >= 15 is 0 Å². The second-order valence-corrected chi connectivity index (χ2v) is 8.99. The fraction of sp³-hybridized carbons (Fsp3) is 0.300. The van der Waals surface area contributed by atoms with Crippen LogP contribution in [0.5, 0.6) is 0 Å². The second-order valence-electron chi connectivity index (χ2n) is 7.05. The lowest BCUT2D eigenvalue weighted by molar-refractivity contribution is 0.0730. The molecule has 8 nitrogen and oxygen atoms in total. The van der Waals surface area contributed by atoms with Crippen LogP contribution < -0.4 is 4.90 Å². The number of nitrogens with zero attached hydrogens (tertiary/aromatic N) is 4. The molecule has 2 aromatic carbocycles. The smallest absolute Gasteiger partial charge is 0.260 e. The number of rotatable bonds is 3. The molecule has 0 atom stereocenters. The largest absolute Gasteiger partial charge is 0.379 e. The molecular weight excluding hydrogens is 392 g/mol. The monoisotopic (exact) mass is 412 g/mol. The molecule has 9 heteroatoms. The highest BCUT2D eigenvalue weighted by atomic mass is 32.2. The third kappa shape index (κ3) is 3.02. The van der Waals surface area contributed by atoms with Crippen LogP contribution in [-0.4, -0.2) is 61.0 Å². The van der Waals surface area contributed by atoms with Crippen molar-refractivity contribution in [3.05, 3.63) is 54.1 Å². The van der Waals surface area contributed by atoms with Crippen LogP contribution in [-0.2, 0) is 21.3 Å². The van der Waals surface area contributed by atoms with Gasteiger partial charge in [0.1, 0.15) is 0 Å². The predicted molar refractivity (Wildman–Crippen MR) is 107 cm³/mol. The van der Waals surface area contributed by atoms with Crippen molar-refractivity contribution in [3.63, 3.8) is 0 Å². The number of aromatic nitrogens is 2. The molecule has 1 saturated heterocycles. The molecule has 1 fully saturated rings. The number of ether oxygens (including phenoxy) is 1. The van der Waals surface area contributed by atoms with Gasteiger partial charge in [-0.15, -0.1) is 0 Å². The molecule has 3 aromatic rings. The van der Waals surface area contributed by atoms with E-state index in [1.165, 1.54) is 16.4 Å². The summed E-state index contributed by atoms with van der Waals surface area (Å²) in [5.41, 5.74) is 2.29. The van der Waals surface area contributed by atoms with E-state index in [9.17, 15) is 13.2 Å². The van der Waals surface area contributed by atoms with Gasteiger partial charge in [0.15, 0.2) is 0 Å². The normalized spacial score (nSPS) is 17.6. The van der Waals surface area contributed by atoms with Crippen molar-refractivity contribution in [2.24, 2.45) is 0 Å². The van der Waals surface area contributed by atoms with Gasteiger partial charge in [-0.2, -0.15) is 4.31 Å². The van der Waals surface area contributed by atoms with Crippen LogP contribution in [0.25, 0.3) is 11.0 Å². The molecule has 0 spiro atoms. The number of carbonyl (C=O) groups excluding carboxylic acids is 1. The molecule has 2 aliphatic rings. The Bertz CT molecular complexity index is 1180. The van der Waals surface area contributed by atoms with Crippen molar-refractivity contribution in [2.45, 2.75) is 11.4 Å². The minimum absolute atomic E-state index is 0.185. The van der Waals surface area contributed by atoms with Crippen molar-refractivity contribution >= 4 is 32.9 Å². The Hall–Kier alpha value is -2.75. The summed E-state index contributed by atoms with van der Waals surface area (Å²) in [5, 5.41) is 0. The minimum atomic E-state index is -3.58. The number of hydrogen-bond acceptors (Lipinski definition) is 5. The van der Waals surface area contributed by atoms with Gasteiger partial charge in [-0.05, 0) is 36.4 Å². The summed E-state index contributed by atoms with van der Waals surface area (Å²) in [6.07, 6.45) is 0. The first kappa shape index (κ1) is 18.3. The number of morpholine rings is 1. The van der Waals surface area contributed by atoms with Crippen molar-refractivity contribution in [2.75, 3.05) is 37.7 Å². The number of benzene rings is 2. The van der Waals surface area contributed by atoms with Crippen LogP contribution in [0.1, 0.15) is 10.4 Å². The van der Waals surface area contributed by atoms with Crippen LogP contribution in [0.15, 0.2) is 53.4 Å². The molecule has 0 radical (unpaired) electrons. The molecule has 29 heavy (non-hydrogen) atoms. The zero-order valence-corrected chi connectivity index (χ0v) is 16.5. The highest BCUT2D eigenvalue weighted by Gasteiger charge is 2.30. The van der Waals surface area contributed by atoms with Crippen LogP contribution in [0, 0.1) is 0 Å². The number of fused-ring (bicyclic) bond motifs is 3. The van der Waals surface area contributed by atoms with Crippen molar-refractivity contribution in [1.29, 1.82) is 0 Å². The van der Waals surface area contributed by atoms with E-state index < -0.39 is 10.0 Å². The lowest BCUT2D eigenvalue weighted by atomic mass is 10.2. The average molecular weight is 412 g/mol. The average Bonchev–Trinajstić information content (AvgIpc) is 3.33. The lowest BCUT2D eigenvalue weighted by Gasteiger charge is -2.26. The van der Waals surface area contributed by atoms with Gasteiger partial charge in [0, 0.05) is 31.7 Å². The van der Waals surface area contributed by atoms with E-state index in [1.807, 2.05) is 28.8 Å². The fourth-order valence-corrected chi connectivity index (χ4v) is 5.25. The standard InChI is InChI=1S/C20H20N4O4S/c25-19(24-10-9-23-18-4-2-1-3-17(18)21-20(23)24)15-5-7-16(8-6-15)29(26,27)22-11-13-28-14-12-22/h1-8H,9-14H2. The Kier molecular flexibility index (Phi) is 4.38. The molecule has 0 N–H and O–H groups in total. The van der Waals surface area contributed by atoms with E-state index in [1.54, 1.807) is 17.0 Å². The molecule has 3 heterocycles. The Morgan fingerprint density at radius 3 is 2.41 bits per heavy atom. The zero-order chi connectivity index (χ0) is 20.0. The van der Waals surface area contributed by atoms with E-state index in [0.717, 1.165) is 11.0 Å². The topological polar surface area (TPSA) is 84.7 Å². The molecule has 2 aliphatic heterocycles. The Labute approximate surface area is 168 Å². The highest BCUT2D eigenvalue weighted by molar-refractivity contribution is 7.89. The maximum atomic E-state index is 13.0. The number of amides is 1. The maximum Gasteiger partial charge on any atom is 0.260 e. The third-order valence-corrected chi connectivity index (χ3v) is 7.29. The number of para-hydroxylation sites is 2. The first-order valence-electron chi connectivity index (χ1n) is 9.51. The van der Waals surface area contributed by atoms with Gasteiger partial charge < -0.3 is 9.30 Å². The Morgan fingerprint density at radius 2 is 1.66 bits per heavy atom. The summed E-state index contributed by atoms with van der Waals surface area (Å²) in [5.74, 6) is 0.440. The molecule has 1 amide bonds. The van der Waals surface area contributed by atoms with Gasteiger partial charge in [-0.3, -0.25) is 9.69 Å². The maximum absolute atomic E-state index is 13.0. The Morgan fingerprint density at radius 1 is 0.931 bits per heavy atom. The van der Waals surface area contributed by atoms with Crippen molar-refractivity contribution < 1.29 is 17.9 Å². The summed E-state index contributed by atoms with van der Waals surface area (Å²) in [6.45, 7) is 2.70. The van der Waals surface area contributed by atoms with E-state index in [4.69, 9.17) is 4.74 Å². The summed E-state index contributed by atoms with van der Waals surface area (Å²) in [6, 6.07) is 13.9. The van der Waals surface area contributed by atoms with Crippen LogP contribution in [0.2, 0.25) is 0 Å². The van der Waals surface area contributed by atoms with Crippen molar-refractivity contribution in [1.82, 2.24) is 13.9 Å². The lowest BCUT2D eigenvalue weighted by Crippen LogP contribution is -2.40. The molecule has 0 saturated carbocycles. The molecule has 0 aliphatic carbocycles. The van der Waals surface area contributed by atoms with Crippen molar-refractivity contribution in [3.8, 4) is 0 Å². The van der Waals surface area contributed by atoms with Gasteiger partial charge in [0.25, 0.3) is 5.91 Å². The van der Waals surface area contributed by atoms with Gasteiger partial charge >= 0.3 is 0 Å². The predicted octanol–water partition coefficient (Wildman–Crippen LogP) is 1.72. The van der Waals surface area contributed by atoms with Gasteiger partial charge in [0.05, 0.1) is 29.1 Å². The molecule has 1 aromatic heterocycles. The molecule has 5 rings (SSSR count). The first-order chi connectivity index (χ1) is 14.1. The second kappa shape index (κ2) is 6.94. The number of carbonyl (C=O) groups is 1. The van der Waals surface area contributed by atoms with Crippen LogP contribution >= 0.6 is 0 Å². The summed E-state index contributed by atoms with van der Waals surface area (Å²) >= 11 is 0. The first-order valence-corrected chi connectivity index (χ1v) is 10.9. The summed E-state index contributed by atoms with van der Waals surface area (Å²) in [4.78, 5) is 19.5. The fourth-order valence-electron chi connectivity index (χ4n) is 3.84. The van der Waals surface area contributed by atoms with Gasteiger partial charge in [-0.25, -0.2) is 13.4 Å². The molecule has 0 bridgehead atoms. The summed E-state index contributed by atoms with van der Waals surface area (Å²) < 4.78 is 34.2. The van der Waals surface area contributed by atoms with E-state index in [2.05, 4.69) is 4.98 Å². The SMILES string of the molecule is O=C(c1ccc(S(=O)(=O)N2CCOCC2)cc1)N1CCn2c1nc1ccccc12. The minimum Gasteiger partial charge on any atom is -0.379 e. The number of imidazole rings is 1. The number of sulfonamides is 1. The van der Waals surface area contributed by atoms with E-state index in [0.29, 0.717) is 50.9 Å². The number of hydrogen-bond donors (Lipinski definition) is 0. The highest BCUT2D eigenvalue weighted by Crippen LogP contribution is 2.28. The number of anilines is 1. The summed E-state index contributed by atoms with van der Waals surface area (Å²) in [7, 11) is -3.58. The van der Waals surface area contributed by atoms with Crippen LogP contribution in [0.4, 0.5) is 5.95 Å². The zero-order valence-electron chi connectivity index (χ0n) is 15.7. The quantitative estimate of drug-likeness (QED) is 0.654. The molecular formula is C20H20N4O4S. The van der Waals surface area contributed by atoms with Crippen LogP contribution in [0.3, 0.4) is 0 Å².